The summed E-state index contributed by atoms with van der Waals surface area (Å²) in [6.45, 7) is 7.08. The fourth-order valence-electron chi connectivity index (χ4n) is 3.98. The number of amides is 1. The van der Waals surface area contributed by atoms with E-state index in [1.165, 1.54) is 4.90 Å². The maximum absolute atomic E-state index is 13.0. The minimum Gasteiger partial charge on any atom is -0.507 e. The number of rotatable bonds is 8. The molecule has 2 aromatic rings. The van der Waals surface area contributed by atoms with Crippen LogP contribution >= 0.6 is 0 Å². The van der Waals surface area contributed by atoms with Crippen LogP contribution in [0.25, 0.3) is 5.76 Å². The van der Waals surface area contributed by atoms with E-state index in [1.54, 1.807) is 25.3 Å². The number of carbonyl (C=O) groups is 2. The number of ether oxygens (including phenoxy) is 2. The number of Topliss-reactive ketones (excluding diaryl/α,β-unsaturated/α-hetero) is 1. The molecule has 3 rings (SSSR count). The Morgan fingerprint density at radius 1 is 1.10 bits per heavy atom. The van der Waals surface area contributed by atoms with Gasteiger partial charge in [0.2, 0.25) is 0 Å². The lowest BCUT2D eigenvalue weighted by Crippen LogP contribution is -2.31. The number of likely N-dealkylation sites (tertiary alicyclic amines) is 1. The highest BCUT2D eigenvalue weighted by Gasteiger charge is 2.46. The highest BCUT2D eigenvalue weighted by atomic mass is 16.5. The van der Waals surface area contributed by atoms with E-state index < -0.39 is 17.7 Å². The van der Waals surface area contributed by atoms with Gasteiger partial charge in [-0.05, 0) is 62.1 Å². The Kier molecular flexibility index (Phi) is 7.13. The number of carbonyl (C=O) groups excluding carboxylic acids is 2. The maximum atomic E-state index is 13.0. The van der Waals surface area contributed by atoms with Gasteiger partial charge in [0.1, 0.15) is 11.5 Å². The van der Waals surface area contributed by atoms with Crippen molar-refractivity contribution in [3.8, 4) is 5.75 Å². The van der Waals surface area contributed by atoms with Crippen molar-refractivity contribution in [2.75, 3.05) is 26.9 Å². The van der Waals surface area contributed by atoms with Gasteiger partial charge in [-0.15, -0.1) is 0 Å². The third-order valence-corrected chi connectivity index (χ3v) is 5.52. The molecule has 1 aliphatic rings. The Hall–Kier alpha value is -3.12. The first-order valence-electron chi connectivity index (χ1n) is 10.5. The van der Waals surface area contributed by atoms with E-state index in [-0.39, 0.29) is 11.3 Å². The zero-order valence-electron chi connectivity index (χ0n) is 18.5. The van der Waals surface area contributed by atoms with Crippen LogP contribution in [-0.2, 0) is 14.3 Å². The summed E-state index contributed by atoms with van der Waals surface area (Å²) in [4.78, 5) is 27.5. The van der Waals surface area contributed by atoms with Crippen LogP contribution in [0.5, 0.6) is 5.75 Å². The van der Waals surface area contributed by atoms with Gasteiger partial charge in [-0.2, -0.15) is 0 Å². The zero-order chi connectivity index (χ0) is 22.5. The Bertz CT molecular complexity index is 1010. The monoisotopic (exact) mass is 423 g/mol. The van der Waals surface area contributed by atoms with E-state index in [4.69, 9.17) is 9.47 Å². The zero-order valence-corrected chi connectivity index (χ0v) is 18.5. The normalized spacial score (nSPS) is 17.9. The molecule has 0 aromatic heterocycles. The van der Waals surface area contributed by atoms with E-state index >= 15 is 0 Å². The van der Waals surface area contributed by atoms with Crippen molar-refractivity contribution >= 4 is 17.4 Å². The standard InChI is InChI=1S/C25H29NO5/c1-5-31-20-12-11-18(15-17(20)3)23(27)21-22(19-10-7-6-9-16(19)2)26(13-8-14-30-4)25(29)24(21)28/h6-7,9-12,15,22,27H,5,8,13-14H2,1-4H3/b23-21+. The topological polar surface area (TPSA) is 76.1 Å². The Morgan fingerprint density at radius 2 is 1.84 bits per heavy atom. The average molecular weight is 424 g/mol. The van der Waals surface area contributed by atoms with Crippen LogP contribution in [0.4, 0.5) is 0 Å². The number of methoxy groups -OCH3 is 1. The molecule has 31 heavy (non-hydrogen) atoms. The number of ketones is 1. The molecule has 1 unspecified atom stereocenters. The minimum absolute atomic E-state index is 0.111. The Labute approximate surface area is 183 Å². The predicted octanol–water partition coefficient (Wildman–Crippen LogP) is 4.16. The molecule has 6 nitrogen and oxygen atoms in total. The van der Waals surface area contributed by atoms with Gasteiger partial charge >= 0.3 is 0 Å². The molecular formula is C25H29NO5. The predicted molar refractivity (Wildman–Crippen MR) is 119 cm³/mol. The van der Waals surface area contributed by atoms with Crippen LogP contribution in [0.2, 0.25) is 0 Å². The molecule has 164 valence electrons. The summed E-state index contributed by atoms with van der Waals surface area (Å²) in [6, 6.07) is 12.2. The number of nitrogens with zero attached hydrogens (tertiary/aromatic N) is 1. The second kappa shape index (κ2) is 9.79. The van der Waals surface area contributed by atoms with Crippen LogP contribution in [0.15, 0.2) is 48.0 Å². The first-order valence-corrected chi connectivity index (χ1v) is 10.5. The van der Waals surface area contributed by atoms with Crippen molar-refractivity contribution in [2.24, 2.45) is 0 Å². The summed E-state index contributed by atoms with van der Waals surface area (Å²) in [5.41, 5.74) is 3.20. The highest BCUT2D eigenvalue weighted by Crippen LogP contribution is 2.40. The second-order valence-corrected chi connectivity index (χ2v) is 7.61. The Morgan fingerprint density at radius 3 is 2.48 bits per heavy atom. The van der Waals surface area contributed by atoms with E-state index in [9.17, 15) is 14.7 Å². The molecule has 6 heteroatoms. The number of aliphatic hydroxyl groups is 1. The number of benzene rings is 2. The molecule has 1 amide bonds. The summed E-state index contributed by atoms with van der Waals surface area (Å²) in [5.74, 6) is -0.732. The van der Waals surface area contributed by atoms with Gasteiger partial charge in [0.05, 0.1) is 18.2 Å². The van der Waals surface area contributed by atoms with Gasteiger partial charge in [-0.25, -0.2) is 0 Å². The van der Waals surface area contributed by atoms with Crippen molar-refractivity contribution in [1.29, 1.82) is 0 Å². The van der Waals surface area contributed by atoms with Gasteiger partial charge in [-0.1, -0.05) is 24.3 Å². The fourth-order valence-corrected chi connectivity index (χ4v) is 3.98. The van der Waals surface area contributed by atoms with Crippen molar-refractivity contribution in [3.05, 3.63) is 70.3 Å². The van der Waals surface area contributed by atoms with Crippen LogP contribution in [0.1, 0.15) is 41.6 Å². The van der Waals surface area contributed by atoms with Crippen LogP contribution in [0, 0.1) is 13.8 Å². The SMILES string of the molecule is CCOc1ccc(/C(O)=C2\C(=O)C(=O)N(CCCOC)C2c2ccccc2C)cc1C. The first-order chi connectivity index (χ1) is 14.9. The van der Waals surface area contributed by atoms with E-state index in [0.29, 0.717) is 31.7 Å². The molecule has 1 N–H and O–H groups in total. The maximum Gasteiger partial charge on any atom is 0.295 e. The molecule has 0 bridgehead atoms. The van der Waals surface area contributed by atoms with Gasteiger partial charge in [-0.3, -0.25) is 9.59 Å². The highest BCUT2D eigenvalue weighted by molar-refractivity contribution is 6.46. The van der Waals surface area contributed by atoms with Crippen molar-refractivity contribution in [2.45, 2.75) is 33.2 Å². The number of aliphatic hydroxyl groups excluding tert-OH is 1. The molecule has 1 saturated heterocycles. The minimum atomic E-state index is -0.672. The molecule has 2 aromatic carbocycles. The molecular weight excluding hydrogens is 394 g/mol. The second-order valence-electron chi connectivity index (χ2n) is 7.61. The summed E-state index contributed by atoms with van der Waals surface area (Å²) in [6.07, 6.45) is 0.591. The van der Waals surface area contributed by atoms with Crippen molar-refractivity contribution < 1.29 is 24.2 Å². The molecule has 1 atom stereocenters. The van der Waals surface area contributed by atoms with E-state index in [0.717, 1.165) is 22.4 Å². The van der Waals surface area contributed by atoms with Crippen LogP contribution in [-0.4, -0.2) is 48.6 Å². The third-order valence-electron chi connectivity index (χ3n) is 5.52. The lowest BCUT2D eigenvalue weighted by molar-refractivity contribution is -0.140. The molecule has 1 aliphatic heterocycles. The lowest BCUT2D eigenvalue weighted by atomic mass is 9.92. The summed E-state index contributed by atoms with van der Waals surface area (Å²) in [5, 5.41) is 11.2. The third kappa shape index (κ3) is 4.49. The van der Waals surface area contributed by atoms with E-state index in [2.05, 4.69) is 0 Å². The molecule has 0 saturated carbocycles. The van der Waals surface area contributed by atoms with Gasteiger partial charge in [0.15, 0.2) is 0 Å². The van der Waals surface area contributed by atoms with Gasteiger partial charge < -0.3 is 19.5 Å². The Balaban J connectivity index is 2.13. The fraction of sp³-hybridized carbons (Fsp3) is 0.360. The largest absolute Gasteiger partial charge is 0.507 e. The number of aryl methyl sites for hydroxylation is 2. The number of hydrogen-bond acceptors (Lipinski definition) is 5. The van der Waals surface area contributed by atoms with E-state index in [1.807, 2.05) is 45.0 Å². The molecule has 0 radical (unpaired) electrons. The molecule has 0 aliphatic carbocycles. The molecule has 0 spiro atoms. The smallest absolute Gasteiger partial charge is 0.295 e. The van der Waals surface area contributed by atoms with Crippen molar-refractivity contribution in [3.63, 3.8) is 0 Å². The quantitative estimate of drug-likeness (QED) is 0.299. The molecule has 1 fully saturated rings. The van der Waals surface area contributed by atoms with Crippen molar-refractivity contribution in [1.82, 2.24) is 4.90 Å². The molecule has 1 heterocycles. The summed E-state index contributed by atoms with van der Waals surface area (Å²) >= 11 is 0. The number of hydrogen-bond donors (Lipinski definition) is 1. The van der Waals surface area contributed by atoms with Crippen LogP contribution in [0.3, 0.4) is 0 Å². The average Bonchev–Trinajstić information content (AvgIpc) is 3.00. The first kappa shape index (κ1) is 22.6. The lowest BCUT2D eigenvalue weighted by Gasteiger charge is -2.26. The van der Waals surface area contributed by atoms with Crippen LogP contribution < -0.4 is 4.74 Å². The summed E-state index contributed by atoms with van der Waals surface area (Å²) < 4.78 is 10.7. The van der Waals surface area contributed by atoms with Gasteiger partial charge in [0, 0.05) is 25.8 Å². The van der Waals surface area contributed by atoms with Gasteiger partial charge in [0.25, 0.3) is 11.7 Å². The summed E-state index contributed by atoms with van der Waals surface area (Å²) in [7, 11) is 1.60.